The van der Waals surface area contributed by atoms with Crippen molar-refractivity contribution in [2.75, 3.05) is 31.1 Å². The topological polar surface area (TPSA) is 75.4 Å². The number of carbonyl (C=O) groups is 1. The van der Waals surface area contributed by atoms with Gasteiger partial charge in [0.1, 0.15) is 18.0 Å². The maximum atomic E-state index is 14.2. The smallest absolute Gasteiger partial charge is 0.230 e. The minimum absolute atomic E-state index is 0.0221. The molecule has 2 N–H and O–H groups in total. The molecular weight excluding hydrogens is 429 g/mol. The summed E-state index contributed by atoms with van der Waals surface area (Å²) in [6.07, 6.45) is 4.18. The summed E-state index contributed by atoms with van der Waals surface area (Å²) < 4.78 is 14.2. The fourth-order valence-electron chi connectivity index (χ4n) is 4.84. The average Bonchev–Trinajstić information content (AvgIpc) is 3.14. The maximum Gasteiger partial charge on any atom is 0.230 e. The summed E-state index contributed by atoms with van der Waals surface area (Å²) in [4.78, 5) is 26.7. The summed E-state index contributed by atoms with van der Waals surface area (Å²) >= 11 is 5.86. The van der Waals surface area contributed by atoms with E-state index < -0.39 is 17.3 Å². The molecule has 0 radical (unpaired) electrons. The van der Waals surface area contributed by atoms with E-state index in [-0.39, 0.29) is 10.9 Å². The van der Waals surface area contributed by atoms with Gasteiger partial charge in [0, 0.05) is 43.0 Å². The average molecular weight is 460 g/mol. The second-order valence-corrected chi connectivity index (χ2v) is 10.1. The molecule has 1 aliphatic heterocycles. The molecule has 1 amide bonds. The van der Waals surface area contributed by atoms with Gasteiger partial charge in [0.15, 0.2) is 0 Å². The molecule has 32 heavy (non-hydrogen) atoms. The van der Waals surface area contributed by atoms with Crippen molar-refractivity contribution in [1.82, 2.24) is 14.9 Å². The lowest BCUT2D eigenvalue weighted by atomic mass is 9.85. The molecule has 0 bridgehead atoms. The Bertz CT molecular complexity index is 1000. The zero-order chi connectivity index (χ0) is 23.0. The van der Waals surface area contributed by atoms with E-state index in [2.05, 4.69) is 21.8 Å². The van der Waals surface area contributed by atoms with Crippen molar-refractivity contribution in [3.63, 3.8) is 0 Å². The van der Waals surface area contributed by atoms with Crippen LogP contribution in [-0.4, -0.2) is 52.5 Å². The number of fused-ring (bicyclic) bond motifs is 1. The molecule has 172 valence electrons. The Balaban J connectivity index is 1.51. The number of amides is 1. The van der Waals surface area contributed by atoms with E-state index in [1.165, 1.54) is 17.7 Å². The highest BCUT2D eigenvalue weighted by atomic mass is 35.5. The van der Waals surface area contributed by atoms with Crippen LogP contribution < -0.4 is 10.6 Å². The molecule has 4 rings (SSSR count). The van der Waals surface area contributed by atoms with Gasteiger partial charge in [-0.25, -0.2) is 14.4 Å². The highest BCUT2D eigenvalue weighted by Crippen LogP contribution is 2.37. The first-order valence-corrected chi connectivity index (χ1v) is 11.6. The third-order valence-corrected chi connectivity index (χ3v) is 6.82. The van der Waals surface area contributed by atoms with Crippen LogP contribution in [0.1, 0.15) is 62.3 Å². The molecule has 2 aromatic rings. The van der Waals surface area contributed by atoms with Crippen molar-refractivity contribution >= 4 is 23.3 Å². The highest BCUT2D eigenvalue weighted by molar-refractivity contribution is 6.30. The third kappa shape index (κ3) is 4.74. The van der Waals surface area contributed by atoms with Crippen LogP contribution in [-0.2, 0) is 11.2 Å². The lowest BCUT2D eigenvalue weighted by Crippen LogP contribution is -2.51. The van der Waals surface area contributed by atoms with Gasteiger partial charge in [-0.15, -0.1) is 0 Å². The highest BCUT2D eigenvalue weighted by Gasteiger charge is 2.34. The van der Waals surface area contributed by atoms with Crippen LogP contribution in [0.5, 0.6) is 0 Å². The molecule has 8 heteroatoms. The Labute approximate surface area is 194 Å². The molecule has 1 fully saturated rings. The zero-order valence-electron chi connectivity index (χ0n) is 18.9. The second-order valence-electron chi connectivity index (χ2n) is 9.73. The van der Waals surface area contributed by atoms with Gasteiger partial charge in [0.2, 0.25) is 5.91 Å². The van der Waals surface area contributed by atoms with E-state index in [4.69, 9.17) is 17.3 Å². The molecule has 1 unspecified atom stereocenters. The number of hydrogen-bond acceptors (Lipinski definition) is 5. The monoisotopic (exact) mass is 459 g/mol. The Hall–Kier alpha value is -2.25. The lowest BCUT2D eigenvalue weighted by molar-refractivity contribution is -0.133. The molecule has 1 aromatic heterocycles. The number of benzene rings is 1. The Morgan fingerprint density at radius 3 is 2.66 bits per heavy atom. The number of aryl methyl sites for hydroxylation is 1. The van der Waals surface area contributed by atoms with E-state index >= 15 is 0 Å². The Morgan fingerprint density at radius 2 is 2.00 bits per heavy atom. The number of nitrogens with two attached hydrogens (primary N) is 1. The van der Waals surface area contributed by atoms with Crippen molar-refractivity contribution in [3.05, 3.63) is 52.2 Å². The molecule has 0 saturated carbocycles. The van der Waals surface area contributed by atoms with Gasteiger partial charge in [0.25, 0.3) is 0 Å². The normalized spacial score (nSPS) is 19.8. The van der Waals surface area contributed by atoms with Gasteiger partial charge >= 0.3 is 0 Å². The van der Waals surface area contributed by atoms with Crippen LogP contribution in [0.3, 0.4) is 0 Å². The fraction of sp³-hybridized carbons (Fsp3) is 0.542. The van der Waals surface area contributed by atoms with Crippen molar-refractivity contribution in [3.8, 4) is 0 Å². The lowest BCUT2D eigenvalue weighted by Gasteiger charge is -2.38. The zero-order valence-corrected chi connectivity index (χ0v) is 19.7. The number of halogens is 2. The first-order valence-electron chi connectivity index (χ1n) is 11.3. The third-order valence-electron chi connectivity index (χ3n) is 6.52. The largest absolute Gasteiger partial charge is 0.353 e. The van der Waals surface area contributed by atoms with Gasteiger partial charge < -0.3 is 15.5 Å². The SMILES string of the molecule is C[C@@H]1CCc2ncnc(N3CCN(C(=O)C(CC(C)(C)N)c4ccc(Cl)c(F)c4)CC3)c21. The van der Waals surface area contributed by atoms with Gasteiger partial charge in [0.05, 0.1) is 10.9 Å². The molecule has 6 nitrogen and oxygen atoms in total. The molecular formula is C24H31ClFN5O. The molecule has 1 aromatic carbocycles. The van der Waals surface area contributed by atoms with Crippen molar-refractivity contribution in [2.24, 2.45) is 5.73 Å². The van der Waals surface area contributed by atoms with Gasteiger partial charge in [-0.3, -0.25) is 4.79 Å². The number of aromatic nitrogens is 2. The molecule has 2 heterocycles. The Kier molecular flexibility index (Phi) is 6.41. The molecule has 2 aliphatic rings. The van der Waals surface area contributed by atoms with Crippen LogP contribution in [0.4, 0.5) is 10.2 Å². The number of anilines is 1. The summed E-state index contributed by atoms with van der Waals surface area (Å²) in [5.74, 6) is 0.402. The predicted molar refractivity (Wildman–Crippen MR) is 125 cm³/mol. The summed E-state index contributed by atoms with van der Waals surface area (Å²) in [6, 6.07) is 4.59. The van der Waals surface area contributed by atoms with E-state index in [0.29, 0.717) is 44.1 Å². The second kappa shape index (κ2) is 8.94. The van der Waals surface area contributed by atoms with Crippen LogP contribution in [0.15, 0.2) is 24.5 Å². The first-order chi connectivity index (χ1) is 15.1. The first kappa shape index (κ1) is 22.9. The minimum Gasteiger partial charge on any atom is -0.353 e. The Morgan fingerprint density at radius 1 is 1.28 bits per heavy atom. The summed E-state index contributed by atoms with van der Waals surface area (Å²) in [6.45, 7) is 8.57. The van der Waals surface area contributed by atoms with Crippen LogP contribution in [0.2, 0.25) is 5.02 Å². The standard InChI is InChI=1S/C24H31ClFN5O/c1-15-4-7-20-21(15)22(29-14-28-20)30-8-10-31(11-9-30)23(32)17(13-24(2,3)27)16-5-6-18(25)19(26)12-16/h5-6,12,14-15,17H,4,7-11,13,27H2,1-3H3/t15-,17?/m1/s1. The number of carbonyl (C=O) groups excluding carboxylic acids is 1. The number of piperazine rings is 1. The number of rotatable bonds is 5. The van der Waals surface area contributed by atoms with E-state index in [1.54, 1.807) is 12.4 Å². The molecule has 1 aliphatic carbocycles. The van der Waals surface area contributed by atoms with Crippen LogP contribution in [0.25, 0.3) is 0 Å². The van der Waals surface area contributed by atoms with E-state index in [1.807, 2.05) is 18.7 Å². The summed E-state index contributed by atoms with van der Waals surface area (Å²) in [7, 11) is 0. The predicted octanol–water partition coefficient (Wildman–Crippen LogP) is 3.88. The van der Waals surface area contributed by atoms with Crippen molar-refractivity contribution < 1.29 is 9.18 Å². The summed E-state index contributed by atoms with van der Waals surface area (Å²) in [5.41, 5.74) is 8.70. The van der Waals surface area contributed by atoms with E-state index in [0.717, 1.165) is 24.4 Å². The van der Waals surface area contributed by atoms with Crippen LogP contribution >= 0.6 is 11.6 Å². The van der Waals surface area contributed by atoms with E-state index in [9.17, 15) is 9.18 Å². The van der Waals surface area contributed by atoms with Gasteiger partial charge in [-0.05, 0) is 56.7 Å². The number of nitrogens with zero attached hydrogens (tertiary/aromatic N) is 4. The number of hydrogen-bond donors (Lipinski definition) is 1. The fourth-order valence-corrected chi connectivity index (χ4v) is 4.95. The maximum absolute atomic E-state index is 14.2. The molecule has 1 saturated heterocycles. The summed E-state index contributed by atoms with van der Waals surface area (Å²) in [5, 5.41) is 0.0483. The molecule has 0 spiro atoms. The minimum atomic E-state index is -0.573. The van der Waals surface area contributed by atoms with Crippen molar-refractivity contribution in [1.29, 1.82) is 0 Å². The van der Waals surface area contributed by atoms with Gasteiger partial charge in [-0.2, -0.15) is 0 Å². The van der Waals surface area contributed by atoms with Gasteiger partial charge in [-0.1, -0.05) is 24.6 Å². The molecule has 2 atom stereocenters. The van der Waals surface area contributed by atoms with Crippen molar-refractivity contribution in [2.45, 2.75) is 57.4 Å². The quantitative estimate of drug-likeness (QED) is 0.734. The van der Waals surface area contributed by atoms with Crippen LogP contribution in [0, 0.1) is 5.82 Å².